The number of anilines is 3. The van der Waals surface area contributed by atoms with Gasteiger partial charge in [-0.05, 0) is 41.4 Å². The van der Waals surface area contributed by atoms with Crippen LogP contribution in [0.15, 0.2) is 28.9 Å². The van der Waals surface area contributed by atoms with Crippen LogP contribution in [0.5, 0.6) is 0 Å². The zero-order valence-corrected chi connectivity index (χ0v) is 13.0. The minimum absolute atomic E-state index is 0.246. The number of halogens is 2. The third-order valence-corrected chi connectivity index (χ3v) is 3.38. The van der Waals surface area contributed by atoms with E-state index < -0.39 is 0 Å². The van der Waals surface area contributed by atoms with Crippen LogP contribution in [0.3, 0.4) is 0 Å². The molecule has 0 bridgehead atoms. The predicted molar refractivity (Wildman–Crippen MR) is 82.9 cm³/mol. The van der Waals surface area contributed by atoms with Gasteiger partial charge in [-0.3, -0.25) is 0 Å². The third-order valence-electron chi connectivity index (χ3n) is 2.80. The van der Waals surface area contributed by atoms with Crippen LogP contribution in [0, 0.1) is 12.7 Å². The monoisotopic (exact) mass is 338 g/mol. The van der Waals surface area contributed by atoms with E-state index in [1.54, 1.807) is 19.2 Å². The van der Waals surface area contributed by atoms with Crippen molar-refractivity contribution in [3.63, 3.8) is 0 Å². The Balaban J connectivity index is 2.26. The van der Waals surface area contributed by atoms with Crippen molar-refractivity contribution < 1.29 is 4.39 Å². The maximum atomic E-state index is 13.5. The van der Waals surface area contributed by atoms with Gasteiger partial charge < -0.3 is 10.6 Å². The number of hydrogen-bond donors (Lipinski definition) is 2. The Morgan fingerprint density at radius 1 is 1.35 bits per heavy atom. The summed E-state index contributed by atoms with van der Waals surface area (Å²) < 4.78 is 14.3. The fourth-order valence-corrected chi connectivity index (χ4v) is 1.94. The molecule has 106 valence electrons. The maximum Gasteiger partial charge on any atom is 0.224 e. The molecule has 1 heterocycles. The van der Waals surface area contributed by atoms with Gasteiger partial charge in [-0.15, -0.1) is 0 Å². The molecule has 0 saturated carbocycles. The van der Waals surface area contributed by atoms with Crippen molar-refractivity contribution in [3.8, 4) is 0 Å². The van der Waals surface area contributed by atoms with Gasteiger partial charge in [0.05, 0.1) is 4.47 Å². The van der Waals surface area contributed by atoms with E-state index in [0.29, 0.717) is 23.0 Å². The summed E-state index contributed by atoms with van der Waals surface area (Å²) in [5, 5.41) is 6.24. The molecule has 1 aromatic carbocycles. The van der Waals surface area contributed by atoms with Crippen LogP contribution in [0.4, 0.5) is 21.8 Å². The lowest BCUT2D eigenvalue weighted by Gasteiger charge is -2.12. The Kier molecular flexibility index (Phi) is 4.89. The Bertz CT molecular complexity index is 604. The summed E-state index contributed by atoms with van der Waals surface area (Å²) >= 11 is 3.39. The smallest absolute Gasteiger partial charge is 0.224 e. The van der Waals surface area contributed by atoms with E-state index in [0.717, 1.165) is 17.4 Å². The van der Waals surface area contributed by atoms with Crippen molar-refractivity contribution in [3.05, 3.63) is 40.2 Å². The molecule has 2 N–H and O–H groups in total. The van der Waals surface area contributed by atoms with Crippen molar-refractivity contribution in [2.45, 2.75) is 20.3 Å². The van der Waals surface area contributed by atoms with Gasteiger partial charge in [-0.2, -0.15) is 4.98 Å². The Morgan fingerprint density at radius 3 is 2.90 bits per heavy atom. The highest BCUT2D eigenvalue weighted by Gasteiger charge is 2.08. The van der Waals surface area contributed by atoms with Crippen molar-refractivity contribution in [1.29, 1.82) is 0 Å². The first kappa shape index (κ1) is 14.7. The van der Waals surface area contributed by atoms with Gasteiger partial charge in [0.1, 0.15) is 11.6 Å². The molecule has 0 unspecified atom stereocenters. The lowest BCUT2D eigenvalue weighted by molar-refractivity contribution is 0.619. The maximum absolute atomic E-state index is 13.5. The van der Waals surface area contributed by atoms with Crippen LogP contribution in [-0.4, -0.2) is 16.5 Å². The topological polar surface area (TPSA) is 49.8 Å². The quantitative estimate of drug-likeness (QED) is 0.855. The molecule has 2 rings (SSSR count). The molecule has 1 aromatic heterocycles. The van der Waals surface area contributed by atoms with Crippen molar-refractivity contribution in [2.24, 2.45) is 0 Å². The molecule has 20 heavy (non-hydrogen) atoms. The largest absolute Gasteiger partial charge is 0.354 e. The molecule has 0 fully saturated rings. The molecule has 6 heteroatoms. The lowest BCUT2D eigenvalue weighted by Crippen LogP contribution is -2.06. The van der Waals surface area contributed by atoms with E-state index >= 15 is 0 Å². The average molecular weight is 339 g/mol. The van der Waals surface area contributed by atoms with Crippen molar-refractivity contribution in [2.75, 3.05) is 17.2 Å². The van der Waals surface area contributed by atoms with Crippen LogP contribution >= 0.6 is 15.9 Å². The number of hydrogen-bond acceptors (Lipinski definition) is 4. The van der Waals surface area contributed by atoms with Gasteiger partial charge in [-0.25, -0.2) is 9.37 Å². The first-order valence-corrected chi connectivity index (χ1v) is 7.19. The Labute approximate surface area is 126 Å². The molecule has 4 nitrogen and oxygen atoms in total. The van der Waals surface area contributed by atoms with Gasteiger partial charge in [-0.1, -0.05) is 13.0 Å². The van der Waals surface area contributed by atoms with Crippen LogP contribution in [-0.2, 0) is 0 Å². The molecule has 0 radical (unpaired) electrons. The van der Waals surface area contributed by atoms with E-state index in [1.165, 1.54) is 6.07 Å². The van der Waals surface area contributed by atoms with Gasteiger partial charge in [0.15, 0.2) is 0 Å². The highest BCUT2D eigenvalue weighted by atomic mass is 79.9. The number of rotatable bonds is 5. The second-order valence-electron chi connectivity index (χ2n) is 4.35. The van der Waals surface area contributed by atoms with Gasteiger partial charge in [0.2, 0.25) is 5.95 Å². The van der Waals surface area contributed by atoms with E-state index in [4.69, 9.17) is 0 Å². The van der Waals surface area contributed by atoms with Crippen LogP contribution in [0.2, 0.25) is 0 Å². The van der Waals surface area contributed by atoms with Crippen molar-refractivity contribution in [1.82, 2.24) is 9.97 Å². The fourth-order valence-electron chi connectivity index (χ4n) is 1.65. The predicted octanol–water partition coefficient (Wildman–Crippen LogP) is 4.25. The van der Waals surface area contributed by atoms with Crippen LogP contribution < -0.4 is 10.6 Å². The number of aromatic nitrogens is 2. The van der Waals surface area contributed by atoms with Gasteiger partial charge >= 0.3 is 0 Å². The summed E-state index contributed by atoms with van der Waals surface area (Å²) in [5.41, 5.74) is 1.24. The van der Waals surface area contributed by atoms with Gasteiger partial charge in [0, 0.05) is 24.0 Å². The summed E-state index contributed by atoms with van der Waals surface area (Å²) in [7, 11) is 0. The minimum Gasteiger partial charge on any atom is -0.354 e. The molecule has 0 spiro atoms. The molecular weight excluding hydrogens is 323 g/mol. The summed E-state index contributed by atoms with van der Waals surface area (Å²) in [6.07, 6.45) is 2.66. The fraction of sp³-hybridized carbons (Fsp3) is 0.286. The first-order chi connectivity index (χ1) is 9.61. The van der Waals surface area contributed by atoms with E-state index in [9.17, 15) is 4.39 Å². The summed E-state index contributed by atoms with van der Waals surface area (Å²) in [5.74, 6) is 0.906. The summed E-state index contributed by atoms with van der Waals surface area (Å²) in [6.45, 7) is 4.60. The second-order valence-corrected chi connectivity index (χ2v) is 5.21. The normalized spacial score (nSPS) is 10.4. The van der Waals surface area contributed by atoms with Crippen molar-refractivity contribution >= 4 is 33.4 Å². The number of benzene rings is 1. The summed E-state index contributed by atoms with van der Waals surface area (Å²) in [4.78, 5) is 8.55. The highest BCUT2D eigenvalue weighted by Crippen LogP contribution is 2.26. The van der Waals surface area contributed by atoms with Crippen LogP contribution in [0.1, 0.15) is 18.9 Å². The molecule has 0 amide bonds. The minimum atomic E-state index is -0.246. The molecule has 0 atom stereocenters. The Morgan fingerprint density at radius 2 is 2.15 bits per heavy atom. The van der Waals surface area contributed by atoms with E-state index in [1.807, 2.05) is 6.07 Å². The molecule has 2 aromatic rings. The third kappa shape index (κ3) is 3.45. The highest BCUT2D eigenvalue weighted by molar-refractivity contribution is 9.10. The number of nitrogens with zero attached hydrogens (tertiary/aromatic N) is 2. The first-order valence-electron chi connectivity index (χ1n) is 6.40. The van der Waals surface area contributed by atoms with Crippen LogP contribution in [0.25, 0.3) is 0 Å². The second kappa shape index (κ2) is 6.65. The van der Waals surface area contributed by atoms with Gasteiger partial charge in [0.25, 0.3) is 0 Å². The molecule has 0 aliphatic rings. The molecular formula is C14H16BrFN4. The number of nitrogens with one attached hydrogen (secondary N) is 2. The standard InChI is InChI=1S/C14H16BrFN4/c1-3-7-17-14-18-8-10(15)13(20-14)19-12-6-4-5-11(16)9(12)2/h4-6,8H,3,7H2,1-2H3,(H2,17,18,19,20). The van der Waals surface area contributed by atoms with E-state index in [2.05, 4.69) is 43.5 Å². The molecule has 0 saturated heterocycles. The lowest BCUT2D eigenvalue weighted by atomic mass is 10.2. The molecule has 0 aliphatic heterocycles. The zero-order chi connectivity index (χ0) is 14.5. The average Bonchev–Trinajstić information content (AvgIpc) is 2.44. The van der Waals surface area contributed by atoms with E-state index in [-0.39, 0.29) is 5.82 Å². The zero-order valence-electron chi connectivity index (χ0n) is 11.4. The Hall–Kier alpha value is -1.69. The summed E-state index contributed by atoms with van der Waals surface area (Å²) in [6, 6.07) is 4.91. The molecule has 0 aliphatic carbocycles. The SMILES string of the molecule is CCCNc1ncc(Br)c(Nc2cccc(F)c2C)n1.